The molecule has 2 aromatic carbocycles. The SMILES string of the molecule is O=C([O-])CN(CC(=O)[O-])Cc1cccc(-c2cc(-c3ccc(-c4ccc(Nc5nc(Cl)nc(Cl)n5)cc4)cc3)cc(-c3cccc(CN(CC(=O)[O-])CC(=O)[O-])n3)n2)n1.[Eu+3]. The summed E-state index contributed by atoms with van der Waals surface area (Å²) in [6.45, 7) is -2.93. The molecule has 4 aromatic heterocycles. The van der Waals surface area contributed by atoms with Crippen molar-refractivity contribution in [2.75, 3.05) is 31.5 Å². The third-order valence-corrected chi connectivity index (χ3v) is 8.76. The summed E-state index contributed by atoms with van der Waals surface area (Å²) in [5.41, 5.74) is 6.23. The second kappa shape index (κ2) is 21.3. The van der Waals surface area contributed by atoms with Crippen LogP contribution in [0.1, 0.15) is 11.4 Å². The van der Waals surface area contributed by atoms with E-state index in [4.69, 9.17) is 28.2 Å². The molecule has 0 aliphatic carbocycles. The van der Waals surface area contributed by atoms with Gasteiger partial charge in [0, 0.05) is 45.0 Å². The van der Waals surface area contributed by atoms with Gasteiger partial charge in [-0.15, -0.1) is 0 Å². The van der Waals surface area contributed by atoms with Gasteiger partial charge in [-0.05, 0) is 94.0 Å². The molecule has 0 aliphatic rings. The third-order valence-electron chi connectivity index (χ3n) is 8.42. The Morgan fingerprint density at radius 2 is 0.867 bits per heavy atom. The first-order chi connectivity index (χ1) is 28.3. The van der Waals surface area contributed by atoms with Crippen LogP contribution in [0.25, 0.3) is 45.0 Å². The number of aliphatic carboxylic acids is 4. The van der Waals surface area contributed by atoms with Gasteiger partial charge in [0.25, 0.3) is 0 Å². The zero-order chi connectivity index (χ0) is 42.1. The fourth-order valence-electron chi connectivity index (χ4n) is 6.02. The van der Waals surface area contributed by atoms with Gasteiger partial charge < -0.3 is 44.9 Å². The van der Waals surface area contributed by atoms with Crippen molar-refractivity contribution in [3.63, 3.8) is 0 Å². The van der Waals surface area contributed by atoms with Crippen molar-refractivity contribution in [2.24, 2.45) is 0 Å². The Morgan fingerprint density at radius 1 is 0.483 bits per heavy atom. The summed E-state index contributed by atoms with van der Waals surface area (Å²) in [4.78, 5) is 73.4. The number of carbonyl (C=O) groups excluding carboxylic acids is 4. The molecule has 304 valence electrons. The number of carboxylic acids is 4. The van der Waals surface area contributed by atoms with Crippen LogP contribution in [0.5, 0.6) is 0 Å². The van der Waals surface area contributed by atoms with E-state index >= 15 is 0 Å². The van der Waals surface area contributed by atoms with E-state index in [1.165, 1.54) is 0 Å². The number of hydrogen-bond acceptors (Lipinski definition) is 17. The standard InChI is InChI=1S/C40H33Cl2N9O8.Eu/c41-38-47-39(42)49-40(48-38)45-27-13-11-24(12-14-27)23-7-9-25(10-8-23)26-15-32(30-5-1-3-28(43-30)17-50(19-34(52)53)20-35(54)55)46-33(16-26)31-6-2-4-29(44-31)18-51(21-36(56)57)22-37(58)59;/h1-16H,17-22H2,(H,52,53)(H,54,55)(H,56,57)(H,58,59)(H,45,47,48,49);/q;+3/p-4. The minimum atomic E-state index is -1.47. The quantitative estimate of drug-likeness (QED) is 0.122. The number of nitrogens with zero attached hydrogens (tertiary/aromatic N) is 8. The van der Waals surface area contributed by atoms with Gasteiger partial charge in [-0.3, -0.25) is 9.80 Å². The molecule has 6 aromatic rings. The van der Waals surface area contributed by atoms with Gasteiger partial charge in [0.05, 0.1) is 58.0 Å². The van der Waals surface area contributed by atoms with E-state index in [0.29, 0.717) is 45.4 Å². The van der Waals surface area contributed by atoms with Crippen molar-refractivity contribution in [2.45, 2.75) is 13.1 Å². The van der Waals surface area contributed by atoms with E-state index < -0.39 is 50.1 Å². The normalized spacial score (nSPS) is 10.9. The van der Waals surface area contributed by atoms with Crippen molar-refractivity contribution in [1.82, 2.24) is 39.7 Å². The van der Waals surface area contributed by atoms with E-state index in [1.807, 2.05) is 48.5 Å². The Morgan fingerprint density at radius 3 is 1.27 bits per heavy atom. The number of pyridine rings is 3. The molecule has 0 spiro atoms. The Kier molecular flexibility index (Phi) is 16.2. The van der Waals surface area contributed by atoms with Crippen LogP contribution in [-0.4, -0.2) is 89.8 Å². The predicted octanol–water partition coefficient (Wildman–Crippen LogP) is 0.379. The molecule has 0 atom stereocenters. The van der Waals surface area contributed by atoms with Crippen molar-refractivity contribution < 1.29 is 89.0 Å². The van der Waals surface area contributed by atoms with Crippen LogP contribution in [0.2, 0.25) is 10.6 Å². The summed E-state index contributed by atoms with van der Waals surface area (Å²) < 4.78 is 0. The summed E-state index contributed by atoms with van der Waals surface area (Å²) in [5, 5.41) is 48.2. The molecule has 6 rings (SSSR count). The molecular weight excluding hydrogens is 957 g/mol. The fraction of sp³-hybridized carbons (Fsp3) is 0.150. The topological polar surface area (TPSA) is 256 Å². The maximum atomic E-state index is 11.3. The van der Waals surface area contributed by atoms with Gasteiger partial charge in [-0.1, -0.05) is 48.5 Å². The second-order valence-corrected chi connectivity index (χ2v) is 13.6. The molecule has 0 aliphatic heterocycles. The second-order valence-electron chi connectivity index (χ2n) is 12.9. The van der Waals surface area contributed by atoms with E-state index in [1.54, 1.807) is 48.5 Å². The average molecular weight is 987 g/mol. The Bertz CT molecular complexity index is 2370. The number of nitrogens with one attached hydrogen (secondary N) is 1. The molecule has 60 heavy (non-hydrogen) atoms. The van der Waals surface area contributed by atoms with Crippen molar-refractivity contribution in [1.29, 1.82) is 0 Å². The number of carbonyl (C=O) groups is 4. The number of carboxylic acid groups (broad SMARTS) is 4. The van der Waals surface area contributed by atoms with E-state index in [-0.39, 0.29) is 79.0 Å². The van der Waals surface area contributed by atoms with Crippen LogP contribution in [0.15, 0.2) is 97.1 Å². The number of hydrogen-bond donors (Lipinski definition) is 1. The maximum absolute atomic E-state index is 11.3. The summed E-state index contributed by atoms with van der Waals surface area (Å²) in [7, 11) is 0. The Hall–Kier alpha value is -5.34. The average Bonchev–Trinajstić information content (AvgIpc) is 3.17. The molecule has 0 radical (unpaired) electrons. The first kappa shape index (κ1) is 45.7. The number of anilines is 2. The smallest absolute Gasteiger partial charge is 0.549 e. The maximum Gasteiger partial charge on any atom is 3.00 e. The Labute approximate surface area is 392 Å². The van der Waals surface area contributed by atoms with Crippen LogP contribution < -0.4 is 25.7 Å². The molecule has 0 saturated heterocycles. The van der Waals surface area contributed by atoms with Gasteiger partial charge in [-0.2, -0.15) is 15.0 Å². The minimum Gasteiger partial charge on any atom is -0.549 e. The number of aromatic nitrogens is 6. The summed E-state index contributed by atoms with van der Waals surface area (Å²) >= 11 is 11.8. The Balaban J connectivity index is 0.00000683. The van der Waals surface area contributed by atoms with Gasteiger partial charge in [0.15, 0.2) is 0 Å². The van der Waals surface area contributed by atoms with Crippen molar-refractivity contribution in [3.05, 3.63) is 119 Å². The molecular formula is C40H29Cl2EuN9O8-. The molecule has 0 bridgehead atoms. The van der Waals surface area contributed by atoms with Crippen LogP contribution in [0, 0.1) is 49.4 Å². The molecule has 20 heteroatoms. The van der Waals surface area contributed by atoms with E-state index in [0.717, 1.165) is 26.5 Å². The van der Waals surface area contributed by atoms with Crippen molar-refractivity contribution >= 4 is 58.7 Å². The third kappa shape index (κ3) is 13.3. The van der Waals surface area contributed by atoms with Crippen molar-refractivity contribution in [3.8, 4) is 45.0 Å². The number of halogens is 2. The molecule has 0 saturated carbocycles. The molecule has 0 fully saturated rings. The van der Waals surface area contributed by atoms with Gasteiger partial charge in [0.2, 0.25) is 16.5 Å². The molecule has 0 amide bonds. The minimum absolute atomic E-state index is 0. The monoisotopic (exact) mass is 986 g/mol. The predicted molar refractivity (Wildman–Crippen MR) is 205 cm³/mol. The van der Waals surface area contributed by atoms with Gasteiger partial charge in [0.1, 0.15) is 0 Å². The van der Waals surface area contributed by atoms with E-state index in [9.17, 15) is 39.6 Å². The van der Waals surface area contributed by atoms with Crippen LogP contribution in [0.4, 0.5) is 11.6 Å². The van der Waals surface area contributed by atoms with Gasteiger partial charge >= 0.3 is 49.4 Å². The molecule has 0 unspecified atom stereocenters. The fourth-order valence-corrected chi connectivity index (χ4v) is 6.38. The van der Waals surface area contributed by atoms with E-state index in [2.05, 4.69) is 30.2 Å². The molecule has 1 N–H and O–H groups in total. The molecule has 4 heterocycles. The zero-order valence-corrected chi connectivity index (χ0v) is 34.9. The first-order valence-corrected chi connectivity index (χ1v) is 18.3. The molecule has 17 nitrogen and oxygen atoms in total. The first-order valence-electron chi connectivity index (χ1n) is 17.5. The van der Waals surface area contributed by atoms with Gasteiger partial charge in [-0.25, -0.2) is 15.0 Å². The number of benzene rings is 2. The van der Waals surface area contributed by atoms with Crippen LogP contribution >= 0.6 is 23.2 Å². The van der Waals surface area contributed by atoms with Crippen LogP contribution in [0.3, 0.4) is 0 Å². The summed E-state index contributed by atoms with van der Waals surface area (Å²) in [5.74, 6) is -5.68. The number of rotatable bonds is 18. The van der Waals surface area contributed by atoms with Crippen LogP contribution in [-0.2, 0) is 32.3 Å². The summed E-state index contributed by atoms with van der Waals surface area (Å²) in [6.07, 6.45) is 0. The summed E-state index contributed by atoms with van der Waals surface area (Å²) in [6, 6.07) is 28.8. The largest absolute Gasteiger partial charge is 3.00 e. The zero-order valence-electron chi connectivity index (χ0n) is 31.0.